The van der Waals surface area contributed by atoms with E-state index in [9.17, 15) is 15.0 Å². The van der Waals surface area contributed by atoms with Crippen molar-refractivity contribution in [2.45, 2.75) is 72.6 Å². The highest BCUT2D eigenvalue weighted by atomic mass is 16.3. The number of benzene rings is 1. The van der Waals surface area contributed by atoms with Crippen molar-refractivity contribution in [1.29, 1.82) is 0 Å². The minimum Gasteiger partial charge on any atom is -0.508 e. The van der Waals surface area contributed by atoms with Crippen LogP contribution in [0.2, 0.25) is 0 Å². The number of phenolic OH excluding ortho intramolecular Hbond substituents is 2. The molecule has 4 nitrogen and oxygen atoms in total. The van der Waals surface area contributed by atoms with Gasteiger partial charge in [0.25, 0.3) is 0 Å². The molecule has 0 saturated carbocycles. The van der Waals surface area contributed by atoms with Gasteiger partial charge in [0.2, 0.25) is 5.91 Å². The molecule has 0 bridgehead atoms. The van der Waals surface area contributed by atoms with E-state index in [2.05, 4.69) is 33.8 Å². The van der Waals surface area contributed by atoms with E-state index < -0.39 is 0 Å². The summed E-state index contributed by atoms with van der Waals surface area (Å²) in [5.74, 6) is 0.771. The molecule has 0 aliphatic heterocycles. The largest absolute Gasteiger partial charge is 0.508 e. The summed E-state index contributed by atoms with van der Waals surface area (Å²) in [7, 11) is 1.70. The predicted octanol–water partition coefficient (Wildman–Crippen LogP) is 6.03. The molecule has 0 aromatic heterocycles. The molecule has 4 heteroatoms. The van der Waals surface area contributed by atoms with Gasteiger partial charge in [-0.2, -0.15) is 0 Å². The topological polar surface area (TPSA) is 60.8 Å². The molecule has 0 spiro atoms. The van der Waals surface area contributed by atoms with Gasteiger partial charge in [0, 0.05) is 31.7 Å². The number of hydrogen-bond acceptors (Lipinski definition) is 3. The van der Waals surface area contributed by atoms with Crippen LogP contribution in [0, 0.1) is 17.3 Å². The summed E-state index contributed by atoms with van der Waals surface area (Å²) in [6.45, 7) is 9.13. The van der Waals surface area contributed by atoms with Gasteiger partial charge in [-0.05, 0) is 43.4 Å². The molecule has 1 unspecified atom stereocenters. The number of carbonyl (C=O) groups excluding carboxylic acids is 1. The average Bonchev–Trinajstić information content (AvgIpc) is 2.62. The van der Waals surface area contributed by atoms with Crippen LogP contribution in [0.15, 0.2) is 29.8 Å². The number of amides is 1. The van der Waals surface area contributed by atoms with Gasteiger partial charge < -0.3 is 15.1 Å². The molecule has 1 aromatic carbocycles. The van der Waals surface area contributed by atoms with Crippen molar-refractivity contribution in [1.82, 2.24) is 0 Å². The first-order valence-corrected chi connectivity index (χ1v) is 10.6. The fourth-order valence-electron chi connectivity index (χ4n) is 4.30. The predicted molar refractivity (Wildman–Crippen MR) is 116 cm³/mol. The Morgan fingerprint density at radius 3 is 2.43 bits per heavy atom. The molecule has 1 aliphatic rings. The standard InChI is InChI=1S/C24H37NO3/c1-6-7-8-11-24(3,4)19-10-9-17(2)18(12-19)13-23(28)25(5)20-14-21(26)16-22(27)15-20/h9,14-16,18-19,26-27H,6-8,10-13H2,1-5H3/t18-,19?/m0/s1. The Morgan fingerprint density at radius 1 is 1.18 bits per heavy atom. The van der Waals surface area contributed by atoms with Gasteiger partial charge in [-0.25, -0.2) is 0 Å². The molecule has 2 N–H and O–H groups in total. The van der Waals surface area contributed by atoms with Gasteiger partial charge in [-0.3, -0.25) is 4.79 Å². The number of aromatic hydroxyl groups is 2. The van der Waals surface area contributed by atoms with E-state index in [1.54, 1.807) is 7.05 Å². The first-order chi connectivity index (χ1) is 13.1. The molecule has 0 saturated heterocycles. The first kappa shape index (κ1) is 22.3. The highest BCUT2D eigenvalue weighted by Gasteiger charge is 2.34. The number of nitrogens with zero attached hydrogens (tertiary/aromatic N) is 1. The Balaban J connectivity index is 2.04. The third-order valence-electron chi connectivity index (χ3n) is 6.54. The van der Waals surface area contributed by atoms with Crippen molar-refractivity contribution in [2.24, 2.45) is 17.3 Å². The van der Waals surface area contributed by atoms with Crippen molar-refractivity contribution >= 4 is 11.6 Å². The average molecular weight is 388 g/mol. The van der Waals surface area contributed by atoms with Crippen LogP contribution in [-0.2, 0) is 4.79 Å². The minimum atomic E-state index is -0.0442. The number of unbranched alkanes of at least 4 members (excludes halogenated alkanes) is 2. The number of rotatable bonds is 8. The van der Waals surface area contributed by atoms with Gasteiger partial charge in [-0.15, -0.1) is 0 Å². The molecule has 1 aliphatic carbocycles. The summed E-state index contributed by atoms with van der Waals surface area (Å²) in [6, 6.07) is 4.27. The van der Waals surface area contributed by atoms with E-state index in [1.807, 2.05) is 0 Å². The van der Waals surface area contributed by atoms with E-state index >= 15 is 0 Å². The summed E-state index contributed by atoms with van der Waals surface area (Å²) in [5, 5.41) is 19.4. The van der Waals surface area contributed by atoms with Gasteiger partial charge in [-0.1, -0.05) is 51.7 Å². The first-order valence-electron chi connectivity index (χ1n) is 10.6. The summed E-state index contributed by atoms with van der Waals surface area (Å²) in [5.41, 5.74) is 2.11. The molecule has 2 atom stereocenters. The van der Waals surface area contributed by atoms with E-state index in [0.29, 0.717) is 18.0 Å². The smallest absolute Gasteiger partial charge is 0.227 e. The van der Waals surface area contributed by atoms with Crippen molar-refractivity contribution in [3.8, 4) is 11.5 Å². The lowest BCUT2D eigenvalue weighted by Gasteiger charge is -2.39. The summed E-state index contributed by atoms with van der Waals surface area (Å²) < 4.78 is 0. The third-order valence-corrected chi connectivity index (χ3v) is 6.54. The van der Waals surface area contributed by atoms with Crippen LogP contribution >= 0.6 is 0 Å². The molecule has 28 heavy (non-hydrogen) atoms. The molecular weight excluding hydrogens is 350 g/mol. The third kappa shape index (κ3) is 5.76. The Morgan fingerprint density at radius 2 is 1.82 bits per heavy atom. The highest BCUT2D eigenvalue weighted by molar-refractivity contribution is 5.93. The summed E-state index contributed by atoms with van der Waals surface area (Å²) >= 11 is 0. The lowest BCUT2D eigenvalue weighted by molar-refractivity contribution is -0.119. The Hall–Kier alpha value is -1.97. The zero-order valence-corrected chi connectivity index (χ0v) is 18.2. The Labute approximate surface area is 170 Å². The van der Waals surface area contributed by atoms with Crippen molar-refractivity contribution in [3.05, 3.63) is 29.8 Å². The van der Waals surface area contributed by atoms with E-state index in [0.717, 1.165) is 12.8 Å². The number of phenols is 2. The molecule has 2 rings (SSSR count). The molecule has 1 amide bonds. The van der Waals surface area contributed by atoms with Crippen LogP contribution in [0.4, 0.5) is 5.69 Å². The van der Waals surface area contributed by atoms with E-state index in [1.165, 1.54) is 54.4 Å². The second-order valence-electron chi connectivity index (χ2n) is 9.12. The normalized spacial score (nSPS) is 20.0. The second kappa shape index (κ2) is 9.49. The molecule has 0 radical (unpaired) electrons. The fraction of sp³-hybridized carbons (Fsp3) is 0.625. The minimum absolute atomic E-state index is 0.00666. The number of anilines is 1. The zero-order chi connectivity index (χ0) is 20.9. The van der Waals surface area contributed by atoms with Crippen LogP contribution < -0.4 is 4.90 Å². The van der Waals surface area contributed by atoms with Crippen molar-refractivity contribution < 1.29 is 15.0 Å². The quantitative estimate of drug-likeness (QED) is 0.423. The Bertz CT molecular complexity index is 688. The van der Waals surface area contributed by atoms with E-state index in [4.69, 9.17) is 0 Å². The molecular formula is C24H37NO3. The van der Waals surface area contributed by atoms with Crippen molar-refractivity contribution in [2.75, 3.05) is 11.9 Å². The van der Waals surface area contributed by atoms with Crippen molar-refractivity contribution in [3.63, 3.8) is 0 Å². The van der Waals surface area contributed by atoms with Crippen LogP contribution in [-0.4, -0.2) is 23.2 Å². The summed E-state index contributed by atoms with van der Waals surface area (Å²) in [4.78, 5) is 14.4. The summed E-state index contributed by atoms with van der Waals surface area (Å²) in [6.07, 6.45) is 9.97. The molecule has 0 heterocycles. The second-order valence-corrected chi connectivity index (χ2v) is 9.12. The van der Waals surface area contributed by atoms with Crippen LogP contribution in [0.5, 0.6) is 11.5 Å². The van der Waals surface area contributed by atoms with Gasteiger partial charge in [0.1, 0.15) is 11.5 Å². The highest BCUT2D eigenvalue weighted by Crippen LogP contribution is 2.44. The monoisotopic (exact) mass is 387 g/mol. The van der Waals surface area contributed by atoms with E-state index in [-0.39, 0.29) is 28.7 Å². The number of carbonyl (C=O) groups is 1. The fourth-order valence-corrected chi connectivity index (χ4v) is 4.30. The van der Waals surface area contributed by atoms with Crippen LogP contribution in [0.3, 0.4) is 0 Å². The number of allylic oxidation sites excluding steroid dienone is 2. The van der Waals surface area contributed by atoms with Gasteiger partial charge in [0.15, 0.2) is 0 Å². The zero-order valence-electron chi connectivity index (χ0n) is 18.2. The maximum absolute atomic E-state index is 12.9. The maximum atomic E-state index is 12.9. The number of hydrogen-bond donors (Lipinski definition) is 2. The van der Waals surface area contributed by atoms with Crippen LogP contribution in [0.1, 0.15) is 72.6 Å². The lowest BCUT2D eigenvalue weighted by atomic mass is 9.66. The molecule has 156 valence electrons. The van der Waals surface area contributed by atoms with Gasteiger partial charge in [0.05, 0.1) is 5.69 Å². The lowest BCUT2D eigenvalue weighted by Crippen LogP contribution is -2.33. The Kier molecular flexibility index (Phi) is 7.56. The molecule has 1 aromatic rings. The SMILES string of the molecule is CCCCCC(C)(C)C1CC=C(C)[C@H](CC(=O)N(C)c2cc(O)cc(O)c2)C1. The maximum Gasteiger partial charge on any atom is 0.227 e. The van der Waals surface area contributed by atoms with Crippen LogP contribution in [0.25, 0.3) is 0 Å². The van der Waals surface area contributed by atoms with Gasteiger partial charge >= 0.3 is 0 Å². The molecule has 0 fully saturated rings.